The standard InChI is InChI=1S/C65H121NO5/c1-3-5-7-9-11-13-15-17-19-26-29-33-37-41-45-49-53-57-63(68)62(61-67)66-64(69)58-54-50-46-42-38-34-30-27-24-22-21-23-25-28-32-36-40-44-48-52-56-60-71-65(70)59-55-51-47-43-39-35-31-20-18-16-14-12-10-8-6-4-2/h20,31,36,40,48,52-53,57,62-63,67-68H,3-19,21-30,32-35,37-39,41-47,49-51,54-56,58-61H2,1-2H3,(H,66,69)/b31-20-,40-36-,52-48-,57-53+. The molecule has 0 spiro atoms. The number of aliphatic hydroxyl groups is 2. The Hall–Kier alpha value is -2.18. The van der Waals surface area contributed by atoms with Crippen molar-refractivity contribution in [2.75, 3.05) is 13.2 Å². The third-order valence-electron chi connectivity index (χ3n) is 14.3. The van der Waals surface area contributed by atoms with E-state index in [0.717, 1.165) is 51.4 Å². The van der Waals surface area contributed by atoms with Crippen molar-refractivity contribution in [1.82, 2.24) is 5.32 Å². The van der Waals surface area contributed by atoms with Gasteiger partial charge in [0.15, 0.2) is 0 Å². The number of nitrogens with one attached hydrogen (secondary N) is 1. The number of hydrogen-bond donors (Lipinski definition) is 3. The average Bonchev–Trinajstić information content (AvgIpc) is 3.37. The molecule has 6 nitrogen and oxygen atoms in total. The zero-order valence-electron chi connectivity index (χ0n) is 47.5. The van der Waals surface area contributed by atoms with E-state index in [9.17, 15) is 19.8 Å². The molecule has 2 atom stereocenters. The van der Waals surface area contributed by atoms with Crippen LogP contribution in [-0.2, 0) is 14.3 Å². The number of esters is 1. The summed E-state index contributed by atoms with van der Waals surface area (Å²) < 4.78 is 5.42. The Morgan fingerprint density at radius 3 is 1.08 bits per heavy atom. The minimum absolute atomic E-state index is 0.0433. The largest absolute Gasteiger partial charge is 0.465 e. The lowest BCUT2D eigenvalue weighted by Gasteiger charge is -2.20. The van der Waals surface area contributed by atoms with Gasteiger partial charge in [0, 0.05) is 12.8 Å². The summed E-state index contributed by atoms with van der Waals surface area (Å²) in [7, 11) is 0. The van der Waals surface area contributed by atoms with Crippen molar-refractivity contribution in [1.29, 1.82) is 0 Å². The first-order chi connectivity index (χ1) is 35.0. The van der Waals surface area contributed by atoms with Crippen LogP contribution in [0.1, 0.15) is 328 Å². The van der Waals surface area contributed by atoms with Crippen LogP contribution < -0.4 is 5.32 Å². The highest BCUT2D eigenvalue weighted by atomic mass is 16.5. The van der Waals surface area contributed by atoms with Crippen molar-refractivity contribution in [3.05, 3.63) is 48.6 Å². The second-order valence-corrected chi connectivity index (χ2v) is 21.4. The molecule has 0 aromatic rings. The van der Waals surface area contributed by atoms with Gasteiger partial charge < -0.3 is 20.3 Å². The summed E-state index contributed by atoms with van der Waals surface area (Å²) in [5.74, 6) is -0.115. The quantitative estimate of drug-likeness (QED) is 0.0321. The maximum Gasteiger partial charge on any atom is 0.305 e. The number of amides is 1. The second kappa shape index (κ2) is 60.4. The molecule has 0 saturated carbocycles. The Kier molecular flexibility index (Phi) is 58.5. The van der Waals surface area contributed by atoms with Crippen LogP contribution in [0.25, 0.3) is 0 Å². The molecule has 3 N–H and O–H groups in total. The molecule has 0 aromatic carbocycles. The van der Waals surface area contributed by atoms with Crippen LogP contribution in [0.3, 0.4) is 0 Å². The number of hydrogen-bond acceptors (Lipinski definition) is 5. The van der Waals surface area contributed by atoms with E-state index in [1.54, 1.807) is 6.08 Å². The lowest BCUT2D eigenvalue weighted by molar-refractivity contribution is -0.143. The smallest absolute Gasteiger partial charge is 0.305 e. The molecule has 2 unspecified atom stereocenters. The minimum atomic E-state index is -0.849. The fourth-order valence-corrected chi connectivity index (χ4v) is 9.53. The average molecular weight is 997 g/mol. The van der Waals surface area contributed by atoms with E-state index in [4.69, 9.17) is 4.74 Å². The zero-order valence-corrected chi connectivity index (χ0v) is 47.5. The minimum Gasteiger partial charge on any atom is -0.465 e. The Balaban J connectivity index is 3.48. The molecule has 71 heavy (non-hydrogen) atoms. The number of ether oxygens (including phenoxy) is 1. The van der Waals surface area contributed by atoms with Crippen molar-refractivity contribution >= 4 is 11.9 Å². The molecular weight excluding hydrogens is 875 g/mol. The van der Waals surface area contributed by atoms with Crippen LogP contribution in [-0.4, -0.2) is 47.4 Å². The highest BCUT2D eigenvalue weighted by Gasteiger charge is 2.18. The molecule has 0 aliphatic rings. The molecule has 0 rings (SSSR count). The number of carbonyl (C=O) groups is 2. The topological polar surface area (TPSA) is 95.9 Å². The number of rotatable bonds is 58. The summed E-state index contributed by atoms with van der Waals surface area (Å²) in [5, 5.41) is 23.2. The Morgan fingerprint density at radius 1 is 0.394 bits per heavy atom. The number of unbranched alkanes of at least 4 members (excludes halogenated alkanes) is 41. The van der Waals surface area contributed by atoms with Gasteiger partial charge in [0.25, 0.3) is 0 Å². The van der Waals surface area contributed by atoms with E-state index in [2.05, 4.69) is 55.6 Å². The van der Waals surface area contributed by atoms with E-state index in [-0.39, 0.29) is 18.5 Å². The van der Waals surface area contributed by atoms with Gasteiger partial charge in [-0.05, 0) is 77.0 Å². The van der Waals surface area contributed by atoms with Crippen LogP contribution >= 0.6 is 0 Å². The summed E-state index contributed by atoms with van der Waals surface area (Å²) in [6, 6.07) is -0.633. The van der Waals surface area contributed by atoms with Gasteiger partial charge in [-0.25, -0.2) is 0 Å². The Morgan fingerprint density at radius 2 is 0.704 bits per heavy atom. The van der Waals surface area contributed by atoms with E-state index >= 15 is 0 Å². The normalized spacial score (nSPS) is 12.9. The summed E-state index contributed by atoms with van der Waals surface area (Å²) in [6.07, 6.45) is 77.4. The van der Waals surface area contributed by atoms with Crippen molar-refractivity contribution in [2.24, 2.45) is 0 Å². The van der Waals surface area contributed by atoms with Crippen molar-refractivity contribution in [3.63, 3.8) is 0 Å². The van der Waals surface area contributed by atoms with Crippen LogP contribution in [0.15, 0.2) is 48.6 Å². The number of carbonyl (C=O) groups excluding carboxylic acids is 2. The molecular formula is C65H121NO5. The van der Waals surface area contributed by atoms with Crippen LogP contribution in [0, 0.1) is 0 Å². The predicted octanol–water partition coefficient (Wildman–Crippen LogP) is 19.7. The predicted molar refractivity (Wildman–Crippen MR) is 310 cm³/mol. The van der Waals surface area contributed by atoms with Crippen LogP contribution in [0.4, 0.5) is 0 Å². The third-order valence-corrected chi connectivity index (χ3v) is 14.3. The molecule has 0 fully saturated rings. The molecule has 0 bridgehead atoms. The van der Waals surface area contributed by atoms with Crippen molar-refractivity contribution in [3.8, 4) is 0 Å². The third kappa shape index (κ3) is 57.0. The Bertz CT molecular complexity index is 1190. The second-order valence-electron chi connectivity index (χ2n) is 21.4. The monoisotopic (exact) mass is 996 g/mol. The molecule has 6 heteroatoms. The van der Waals surface area contributed by atoms with E-state index in [1.165, 1.54) is 250 Å². The number of aliphatic hydroxyl groups excluding tert-OH is 2. The summed E-state index contributed by atoms with van der Waals surface area (Å²) >= 11 is 0. The molecule has 0 aliphatic carbocycles. The van der Waals surface area contributed by atoms with Gasteiger partial charge >= 0.3 is 5.97 Å². The van der Waals surface area contributed by atoms with Gasteiger partial charge in [0.05, 0.1) is 25.4 Å². The first-order valence-electron chi connectivity index (χ1n) is 31.4. The first kappa shape index (κ1) is 68.8. The molecule has 0 aliphatic heterocycles. The first-order valence-corrected chi connectivity index (χ1v) is 31.4. The lowest BCUT2D eigenvalue weighted by Crippen LogP contribution is -2.45. The highest BCUT2D eigenvalue weighted by molar-refractivity contribution is 5.76. The van der Waals surface area contributed by atoms with Gasteiger partial charge in [-0.2, -0.15) is 0 Å². The van der Waals surface area contributed by atoms with E-state index in [0.29, 0.717) is 19.4 Å². The summed E-state index contributed by atoms with van der Waals surface area (Å²) in [4.78, 5) is 24.5. The van der Waals surface area contributed by atoms with Crippen LogP contribution in [0.5, 0.6) is 0 Å². The molecule has 1 amide bonds. The zero-order chi connectivity index (χ0) is 51.4. The van der Waals surface area contributed by atoms with Gasteiger partial charge in [-0.1, -0.05) is 287 Å². The summed E-state index contributed by atoms with van der Waals surface area (Å²) in [5.41, 5.74) is 0. The maximum absolute atomic E-state index is 12.5. The van der Waals surface area contributed by atoms with Gasteiger partial charge in [-0.3, -0.25) is 9.59 Å². The number of allylic oxidation sites excluding steroid dienone is 6. The van der Waals surface area contributed by atoms with Gasteiger partial charge in [0.2, 0.25) is 5.91 Å². The highest BCUT2D eigenvalue weighted by Crippen LogP contribution is 2.17. The maximum atomic E-state index is 12.5. The van der Waals surface area contributed by atoms with Crippen molar-refractivity contribution in [2.45, 2.75) is 341 Å². The van der Waals surface area contributed by atoms with E-state index in [1.807, 2.05) is 6.08 Å². The summed E-state index contributed by atoms with van der Waals surface area (Å²) in [6.45, 7) is 4.80. The van der Waals surface area contributed by atoms with Gasteiger partial charge in [-0.15, -0.1) is 0 Å². The van der Waals surface area contributed by atoms with Crippen molar-refractivity contribution < 1.29 is 24.5 Å². The Labute approximate surface area is 442 Å². The molecule has 0 aromatic heterocycles. The fraction of sp³-hybridized carbons (Fsp3) is 0.846. The SMILES string of the molecule is CCCCCCCCC/C=C\CCCCCCCC(=O)OCC/C=C\C/C=C\CCCCCCCCCCCCCCCCC(=O)NC(CO)C(O)/C=C/CCCCCCCCCCCCCCCCC. The lowest BCUT2D eigenvalue weighted by atomic mass is 10.0. The molecule has 0 heterocycles. The van der Waals surface area contributed by atoms with Crippen LogP contribution in [0.2, 0.25) is 0 Å². The molecule has 0 saturated heterocycles. The van der Waals surface area contributed by atoms with Gasteiger partial charge in [0.1, 0.15) is 0 Å². The molecule has 0 radical (unpaired) electrons. The van der Waals surface area contributed by atoms with E-state index < -0.39 is 12.1 Å². The fourth-order valence-electron chi connectivity index (χ4n) is 9.53. The molecule has 416 valence electrons.